The largest absolute Gasteiger partial charge is 0.469 e. The van der Waals surface area contributed by atoms with Gasteiger partial charge in [-0.2, -0.15) is 0 Å². The SMILES string of the molecule is CNc1ccc(C(=O)SCCC(=O)OC)cc1. The van der Waals surface area contributed by atoms with E-state index in [4.69, 9.17) is 0 Å². The van der Waals surface area contributed by atoms with Crippen molar-refractivity contribution in [3.05, 3.63) is 29.8 Å². The maximum absolute atomic E-state index is 11.7. The van der Waals surface area contributed by atoms with Gasteiger partial charge in [-0.05, 0) is 24.3 Å². The van der Waals surface area contributed by atoms with Crippen LogP contribution in [0.3, 0.4) is 0 Å². The first-order valence-corrected chi connectivity index (χ1v) is 6.17. The van der Waals surface area contributed by atoms with E-state index < -0.39 is 0 Å². The van der Waals surface area contributed by atoms with Crippen molar-refractivity contribution in [3.8, 4) is 0 Å². The highest BCUT2D eigenvalue weighted by molar-refractivity contribution is 8.14. The first kappa shape index (κ1) is 13.6. The first-order valence-electron chi connectivity index (χ1n) is 5.19. The summed E-state index contributed by atoms with van der Waals surface area (Å²) in [6.07, 6.45) is 0.251. The van der Waals surface area contributed by atoms with Crippen molar-refractivity contribution in [2.24, 2.45) is 0 Å². The number of methoxy groups -OCH3 is 1. The molecule has 17 heavy (non-hydrogen) atoms. The van der Waals surface area contributed by atoms with Gasteiger partial charge in [-0.3, -0.25) is 9.59 Å². The zero-order valence-corrected chi connectivity index (χ0v) is 10.7. The zero-order chi connectivity index (χ0) is 12.7. The summed E-state index contributed by atoms with van der Waals surface area (Å²) in [6, 6.07) is 7.21. The number of esters is 1. The molecule has 4 nitrogen and oxygen atoms in total. The second-order valence-corrected chi connectivity index (χ2v) is 4.36. The highest BCUT2D eigenvalue weighted by Crippen LogP contribution is 2.16. The van der Waals surface area contributed by atoms with Crippen molar-refractivity contribution in [1.29, 1.82) is 0 Å². The number of rotatable bonds is 5. The molecular formula is C12H15NO3S. The zero-order valence-electron chi connectivity index (χ0n) is 9.86. The molecule has 1 aromatic rings. The first-order chi connectivity index (χ1) is 8.17. The van der Waals surface area contributed by atoms with Crippen LogP contribution in [0.1, 0.15) is 16.8 Å². The molecule has 0 radical (unpaired) electrons. The van der Waals surface area contributed by atoms with Crippen LogP contribution in [-0.4, -0.2) is 31.0 Å². The lowest BCUT2D eigenvalue weighted by molar-refractivity contribution is -0.140. The van der Waals surface area contributed by atoms with E-state index >= 15 is 0 Å². The van der Waals surface area contributed by atoms with Crippen LogP contribution in [0.2, 0.25) is 0 Å². The van der Waals surface area contributed by atoms with Gasteiger partial charge in [0, 0.05) is 24.1 Å². The average molecular weight is 253 g/mol. The monoisotopic (exact) mass is 253 g/mol. The Morgan fingerprint density at radius 1 is 1.29 bits per heavy atom. The van der Waals surface area contributed by atoms with E-state index in [1.807, 2.05) is 19.2 Å². The molecule has 5 heteroatoms. The standard InChI is InChI=1S/C12H15NO3S/c1-13-10-5-3-9(4-6-10)12(15)17-8-7-11(14)16-2/h3-6,13H,7-8H2,1-2H3. The Labute approximate surface area is 105 Å². The molecule has 0 saturated carbocycles. The quantitative estimate of drug-likeness (QED) is 0.815. The van der Waals surface area contributed by atoms with Crippen molar-refractivity contribution in [3.63, 3.8) is 0 Å². The summed E-state index contributed by atoms with van der Waals surface area (Å²) in [7, 11) is 3.16. The highest BCUT2D eigenvalue weighted by atomic mass is 32.2. The van der Waals surface area contributed by atoms with Crippen molar-refractivity contribution in [2.45, 2.75) is 6.42 Å². The van der Waals surface area contributed by atoms with E-state index in [9.17, 15) is 9.59 Å². The second-order valence-electron chi connectivity index (χ2n) is 3.29. The van der Waals surface area contributed by atoms with E-state index in [0.29, 0.717) is 11.3 Å². The molecular weight excluding hydrogens is 238 g/mol. The summed E-state index contributed by atoms with van der Waals surface area (Å²) in [5.41, 5.74) is 1.60. The van der Waals surface area contributed by atoms with Crippen molar-refractivity contribution in [1.82, 2.24) is 0 Å². The van der Waals surface area contributed by atoms with Gasteiger partial charge in [-0.1, -0.05) is 11.8 Å². The number of carbonyl (C=O) groups excluding carboxylic acids is 2. The van der Waals surface area contributed by atoms with Gasteiger partial charge in [0.1, 0.15) is 0 Å². The minimum atomic E-state index is -0.296. The van der Waals surface area contributed by atoms with Gasteiger partial charge in [0.05, 0.1) is 13.5 Å². The molecule has 0 atom stereocenters. The number of anilines is 1. The summed E-state index contributed by atoms with van der Waals surface area (Å²) in [4.78, 5) is 22.6. The Bertz CT molecular complexity index is 389. The van der Waals surface area contributed by atoms with Crippen LogP contribution in [0.5, 0.6) is 0 Å². The van der Waals surface area contributed by atoms with Gasteiger partial charge in [0.25, 0.3) is 0 Å². The summed E-state index contributed by atoms with van der Waals surface area (Å²) in [5.74, 6) is 0.148. The predicted molar refractivity (Wildman–Crippen MR) is 69.4 cm³/mol. The van der Waals surface area contributed by atoms with Gasteiger partial charge in [0.2, 0.25) is 5.12 Å². The van der Waals surface area contributed by atoms with Gasteiger partial charge in [-0.15, -0.1) is 0 Å². The van der Waals surface area contributed by atoms with E-state index in [1.165, 1.54) is 7.11 Å². The highest BCUT2D eigenvalue weighted by Gasteiger charge is 2.08. The maximum Gasteiger partial charge on any atom is 0.306 e. The number of hydrogen-bond acceptors (Lipinski definition) is 5. The van der Waals surface area contributed by atoms with Crippen LogP contribution < -0.4 is 5.32 Å². The molecule has 0 aromatic heterocycles. The molecule has 0 bridgehead atoms. The maximum atomic E-state index is 11.7. The molecule has 1 N–H and O–H groups in total. The predicted octanol–water partition coefficient (Wildman–Crippen LogP) is 2.16. The third kappa shape index (κ3) is 4.48. The smallest absolute Gasteiger partial charge is 0.306 e. The number of carbonyl (C=O) groups is 2. The fourth-order valence-electron chi connectivity index (χ4n) is 1.19. The van der Waals surface area contributed by atoms with Crippen LogP contribution in [0.4, 0.5) is 5.69 Å². The normalized spacial score (nSPS) is 9.76. The average Bonchev–Trinajstić information content (AvgIpc) is 2.38. The van der Waals surface area contributed by atoms with Crippen LogP contribution in [0.25, 0.3) is 0 Å². The topological polar surface area (TPSA) is 55.4 Å². The molecule has 0 spiro atoms. The number of thioether (sulfide) groups is 1. The van der Waals surface area contributed by atoms with E-state index in [1.54, 1.807) is 12.1 Å². The molecule has 0 heterocycles. The van der Waals surface area contributed by atoms with E-state index in [2.05, 4.69) is 10.1 Å². The Morgan fingerprint density at radius 2 is 1.94 bits per heavy atom. The minimum absolute atomic E-state index is 0.0310. The van der Waals surface area contributed by atoms with Crippen molar-refractivity contribution >= 4 is 28.5 Å². The summed E-state index contributed by atoms with van der Waals surface area (Å²) >= 11 is 1.13. The molecule has 92 valence electrons. The lowest BCUT2D eigenvalue weighted by Gasteiger charge is -2.02. The minimum Gasteiger partial charge on any atom is -0.469 e. The Kier molecular flexibility index (Phi) is 5.56. The molecule has 0 saturated heterocycles. The summed E-state index contributed by atoms with van der Waals surface area (Å²) in [6.45, 7) is 0. The van der Waals surface area contributed by atoms with Gasteiger partial charge in [0.15, 0.2) is 0 Å². The van der Waals surface area contributed by atoms with E-state index in [0.717, 1.165) is 17.4 Å². The molecule has 0 unspecified atom stereocenters. The number of ether oxygens (including phenoxy) is 1. The third-order valence-corrected chi connectivity index (χ3v) is 3.08. The van der Waals surface area contributed by atoms with Crippen LogP contribution in [0, 0.1) is 0 Å². The second kappa shape index (κ2) is 6.96. The molecule has 1 aromatic carbocycles. The summed E-state index contributed by atoms with van der Waals surface area (Å²) < 4.78 is 4.50. The number of nitrogens with one attached hydrogen (secondary N) is 1. The van der Waals surface area contributed by atoms with Gasteiger partial charge >= 0.3 is 5.97 Å². The fraction of sp³-hybridized carbons (Fsp3) is 0.333. The Hall–Kier alpha value is -1.49. The van der Waals surface area contributed by atoms with Gasteiger partial charge in [-0.25, -0.2) is 0 Å². The molecule has 0 aliphatic heterocycles. The number of hydrogen-bond donors (Lipinski definition) is 1. The Morgan fingerprint density at radius 3 is 2.47 bits per heavy atom. The third-order valence-electron chi connectivity index (χ3n) is 2.18. The van der Waals surface area contributed by atoms with E-state index in [-0.39, 0.29) is 17.5 Å². The Balaban J connectivity index is 2.44. The number of benzene rings is 1. The van der Waals surface area contributed by atoms with Crippen LogP contribution in [0.15, 0.2) is 24.3 Å². The van der Waals surface area contributed by atoms with Crippen molar-refractivity contribution in [2.75, 3.05) is 25.2 Å². The molecule has 0 amide bonds. The summed E-state index contributed by atoms with van der Waals surface area (Å²) in [5, 5.41) is 2.95. The molecule has 1 rings (SSSR count). The molecule has 0 aliphatic carbocycles. The molecule has 0 fully saturated rings. The lowest BCUT2D eigenvalue weighted by Crippen LogP contribution is -2.03. The van der Waals surface area contributed by atoms with Crippen LogP contribution in [-0.2, 0) is 9.53 Å². The molecule has 0 aliphatic rings. The van der Waals surface area contributed by atoms with Crippen molar-refractivity contribution < 1.29 is 14.3 Å². The lowest BCUT2D eigenvalue weighted by atomic mass is 10.2. The van der Waals surface area contributed by atoms with Crippen LogP contribution >= 0.6 is 11.8 Å². The van der Waals surface area contributed by atoms with Gasteiger partial charge < -0.3 is 10.1 Å². The fourth-order valence-corrected chi connectivity index (χ4v) is 1.94.